The topological polar surface area (TPSA) is 68.2 Å². The molecule has 0 radical (unpaired) electrons. The molecular formula is C18H25N5. The average molecular weight is 311 g/mol. The fraction of sp³-hybridized carbons (Fsp3) is 0.444. The highest BCUT2D eigenvalue weighted by molar-refractivity contribution is 5.78. The molecule has 0 unspecified atom stereocenters. The van der Waals surface area contributed by atoms with E-state index < -0.39 is 0 Å². The number of aromatic nitrogens is 2. The van der Waals surface area contributed by atoms with Crippen molar-refractivity contribution in [1.82, 2.24) is 15.1 Å². The molecule has 0 spiro atoms. The number of aryl methyl sites for hydroxylation is 1. The second-order valence-electron chi connectivity index (χ2n) is 6.20. The summed E-state index contributed by atoms with van der Waals surface area (Å²) in [5.74, 6) is 0.545. The molecule has 1 aliphatic rings. The van der Waals surface area contributed by atoms with Crippen LogP contribution in [0.4, 0.5) is 0 Å². The first-order valence-electron chi connectivity index (χ1n) is 8.39. The Morgan fingerprint density at radius 3 is 2.74 bits per heavy atom. The molecular weight excluding hydrogens is 286 g/mol. The molecule has 1 aromatic carbocycles. The molecule has 1 aliphatic carbocycles. The summed E-state index contributed by atoms with van der Waals surface area (Å²) in [6.07, 6.45) is 8.33. The third-order valence-electron chi connectivity index (χ3n) is 4.40. The van der Waals surface area contributed by atoms with Crippen LogP contribution in [0.2, 0.25) is 0 Å². The van der Waals surface area contributed by atoms with E-state index in [9.17, 15) is 0 Å². The molecule has 1 aromatic heterocycles. The van der Waals surface area contributed by atoms with Crippen LogP contribution in [-0.4, -0.2) is 21.8 Å². The smallest absolute Gasteiger partial charge is 0.189 e. The first-order valence-corrected chi connectivity index (χ1v) is 8.39. The number of benzene rings is 1. The number of para-hydroxylation sites is 1. The van der Waals surface area contributed by atoms with Gasteiger partial charge in [0.05, 0.1) is 17.9 Å². The van der Waals surface area contributed by atoms with Crippen LogP contribution in [0, 0.1) is 6.92 Å². The molecule has 5 heteroatoms. The molecule has 0 amide bonds. The Bertz CT molecular complexity index is 653. The van der Waals surface area contributed by atoms with Crippen molar-refractivity contribution < 1.29 is 0 Å². The fourth-order valence-corrected chi connectivity index (χ4v) is 3.04. The Kier molecular flexibility index (Phi) is 4.95. The lowest BCUT2D eigenvalue weighted by atomic mass is 9.96. The quantitative estimate of drug-likeness (QED) is 0.674. The lowest BCUT2D eigenvalue weighted by Gasteiger charge is -2.23. The standard InChI is InChI=1S/C18H25N5/c1-14-15(13-23(22-14)17-10-6-3-7-11-17)12-20-18(19)21-16-8-4-2-5-9-16/h3,6-7,10-11,13,16H,2,4-5,8-9,12H2,1H3,(H3,19,20,21). The molecule has 3 N–H and O–H groups in total. The number of hydrogen-bond donors (Lipinski definition) is 2. The zero-order valence-corrected chi connectivity index (χ0v) is 13.7. The number of hydrogen-bond acceptors (Lipinski definition) is 2. The fourth-order valence-electron chi connectivity index (χ4n) is 3.04. The number of nitrogens with one attached hydrogen (secondary N) is 1. The van der Waals surface area contributed by atoms with Crippen LogP contribution in [0.25, 0.3) is 5.69 Å². The van der Waals surface area contributed by atoms with Crippen LogP contribution in [0.15, 0.2) is 41.5 Å². The van der Waals surface area contributed by atoms with Crippen LogP contribution < -0.4 is 11.1 Å². The van der Waals surface area contributed by atoms with Crippen molar-refractivity contribution in [3.8, 4) is 5.69 Å². The second-order valence-corrected chi connectivity index (χ2v) is 6.20. The van der Waals surface area contributed by atoms with Crippen LogP contribution in [0.5, 0.6) is 0 Å². The van der Waals surface area contributed by atoms with E-state index in [-0.39, 0.29) is 0 Å². The van der Waals surface area contributed by atoms with Gasteiger partial charge in [0.15, 0.2) is 5.96 Å². The minimum absolute atomic E-state index is 0.487. The molecule has 1 heterocycles. The Labute approximate surface area is 137 Å². The Balaban J connectivity index is 1.63. The van der Waals surface area contributed by atoms with Crippen LogP contribution in [0.3, 0.4) is 0 Å². The summed E-state index contributed by atoms with van der Waals surface area (Å²) in [6, 6.07) is 10.6. The zero-order valence-electron chi connectivity index (χ0n) is 13.7. The van der Waals surface area contributed by atoms with Gasteiger partial charge in [-0.3, -0.25) is 0 Å². The predicted molar refractivity (Wildman–Crippen MR) is 93.6 cm³/mol. The number of nitrogens with zero attached hydrogens (tertiary/aromatic N) is 3. The third-order valence-corrected chi connectivity index (χ3v) is 4.40. The van der Waals surface area contributed by atoms with E-state index >= 15 is 0 Å². The average Bonchev–Trinajstić information content (AvgIpc) is 2.96. The van der Waals surface area contributed by atoms with Crippen molar-refractivity contribution in [2.24, 2.45) is 10.7 Å². The van der Waals surface area contributed by atoms with Crippen molar-refractivity contribution in [2.45, 2.75) is 51.6 Å². The van der Waals surface area contributed by atoms with Crippen LogP contribution in [0.1, 0.15) is 43.4 Å². The van der Waals surface area contributed by atoms with Crippen molar-refractivity contribution in [3.05, 3.63) is 47.8 Å². The van der Waals surface area contributed by atoms with Gasteiger partial charge in [0.2, 0.25) is 0 Å². The van der Waals surface area contributed by atoms with Gasteiger partial charge >= 0.3 is 0 Å². The minimum Gasteiger partial charge on any atom is -0.370 e. The molecule has 0 atom stereocenters. The molecule has 0 saturated heterocycles. The van der Waals surface area contributed by atoms with Gasteiger partial charge in [-0.1, -0.05) is 37.5 Å². The summed E-state index contributed by atoms with van der Waals surface area (Å²) in [6.45, 7) is 2.57. The minimum atomic E-state index is 0.487. The highest BCUT2D eigenvalue weighted by Gasteiger charge is 2.13. The van der Waals surface area contributed by atoms with E-state index in [0.29, 0.717) is 18.5 Å². The number of rotatable bonds is 4. The number of nitrogens with two attached hydrogens (primary N) is 1. The van der Waals surface area contributed by atoms with E-state index in [1.165, 1.54) is 32.1 Å². The van der Waals surface area contributed by atoms with Crippen molar-refractivity contribution >= 4 is 5.96 Å². The van der Waals surface area contributed by atoms with E-state index in [1.54, 1.807) is 0 Å². The van der Waals surface area contributed by atoms with Gasteiger partial charge in [-0.15, -0.1) is 0 Å². The zero-order chi connectivity index (χ0) is 16.1. The van der Waals surface area contributed by atoms with E-state index in [4.69, 9.17) is 5.73 Å². The largest absolute Gasteiger partial charge is 0.370 e. The molecule has 0 aliphatic heterocycles. The van der Waals surface area contributed by atoms with Crippen LogP contribution >= 0.6 is 0 Å². The summed E-state index contributed by atoms with van der Waals surface area (Å²) in [5, 5.41) is 7.91. The Morgan fingerprint density at radius 2 is 2.00 bits per heavy atom. The second kappa shape index (κ2) is 7.31. The van der Waals surface area contributed by atoms with Gasteiger partial charge < -0.3 is 11.1 Å². The molecule has 1 fully saturated rings. The van der Waals surface area contributed by atoms with Gasteiger partial charge in [-0.05, 0) is 31.9 Å². The van der Waals surface area contributed by atoms with Crippen molar-refractivity contribution in [1.29, 1.82) is 0 Å². The van der Waals surface area contributed by atoms with Crippen LogP contribution in [-0.2, 0) is 6.54 Å². The normalized spacial score (nSPS) is 16.5. The first kappa shape index (κ1) is 15.6. The molecule has 5 nitrogen and oxygen atoms in total. The highest BCUT2D eigenvalue weighted by atomic mass is 15.3. The van der Waals surface area contributed by atoms with Gasteiger partial charge in [0.1, 0.15) is 0 Å². The lowest BCUT2D eigenvalue weighted by molar-refractivity contribution is 0.412. The van der Waals surface area contributed by atoms with Gasteiger partial charge in [0, 0.05) is 17.8 Å². The highest BCUT2D eigenvalue weighted by Crippen LogP contribution is 2.17. The summed E-state index contributed by atoms with van der Waals surface area (Å²) < 4.78 is 1.89. The molecule has 0 bridgehead atoms. The van der Waals surface area contributed by atoms with Crippen molar-refractivity contribution in [2.75, 3.05) is 0 Å². The Morgan fingerprint density at radius 1 is 1.26 bits per heavy atom. The van der Waals surface area contributed by atoms with E-state index in [2.05, 4.69) is 15.4 Å². The number of guanidine groups is 1. The van der Waals surface area contributed by atoms with E-state index in [1.807, 2.05) is 48.1 Å². The first-order chi connectivity index (χ1) is 11.2. The lowest BCUT2D eigenvalue weighted by Crippen LogP contribution is -2.41. The van der Waals surface area contributed by atoms with Crippen molar-refractivity contribution in [3.63, 3.8) is 0 Å². The molecule has 23 heavy (non-hydrogen) atoms. The predicted octanol–water partition coefficient (Wildman–Crippen LogP) is 2.92. The maximum absolute atomic E-state index is 6.03. The molecule has 122 valence electrons. The Hall–Kier alpha value is -2.30. The monoisotopic (exact) mass is 311 g/mol. The van der Waals surface area contributed by atoms with Gasteiger partial charge in [0.25, 0.3) is 0 Å². The summed E-state index contributed by atoms with van der Waals surface area (Å²) in [4.78, 5) is 4.49. The maximum Gasteiger partial charge on any atom is 0.189 e. The van der Waals surface area contributed by atoms with E-state index in [0.717, 1.165) is 16.9 Å². The SMILES string of the molecule is Cc1nn(-c2ccccc2)cc1CN=C(N)NC1CCCCC1. The maximum atomic E-state index is 6.03. The summed E-state index contributed by atoms with van der Waals surface area (Å²) in [5.41, 5.74) is 9.18. The third kappa shape index (κ3) is 4.12. The molecule has 2 aromatic rings. The molecule has 1 saturated carbocycles. The van der Waals surface area contributed by atoms with Gasteiger partial charge in [-0.25, -0.2) is 9.67 Å². The number of aliphatic imine (C=N–C) groups is 1. The summed E-state index contributed by atoms with van der Waals surface area (Å²) in [7, 11) is 0. The molecule has 3 rings (SSSR count). The summed E-state index contributed by atoms with van der Waals surface area (Å²) >= 11 is 0. The van der Waals surface area contributed by atoms with Gasteiger partial charge in [-0.2, -0.15) is 5.10 Å².